The zero-order chi connectivity index (χ0) is 20.9. The van der Waals surface area contributed by atoms with Gasteiger partial charge in [-0.15, -0.1) is 0 Å². The highest BCUT2D eigenvalue weighted by atomic mass is 32.2. The lowest BCUT2D eigenvalue weighted by Gasteiger charge is -2.36. The summed E-state index contributed by atoms with van der Waals surface area (Å²) in [5.74, 6) is 1.16. The molecule has 2 aromatic rings. The lowest BCUT2D eigenvalue weighted by atomic mass is 10.1. The number of nitrogens with one attached hydrogen (secondary N) is 1. The van der Waals surface area contributed by atoms with Crippen LogP contribution in [0.5, 0.6) is 11.5 Å². The third kappa shape index (κ3) is 5.18. The van der Waals surface area contributed by atoms with Crippen LogP contribution < -0.4 is 19.9 Å². The summed E-state index contributed by atoms with van der Waals surface area (Å²) >= 11 is 0. The van der Waals surface area contributed by atoms with E-state index in [0.717, 1.165) is 11.4 Å². The highest BCUT2D eigenvalue weighted by Gasteiger charge is 2.30. The number of nitrogens with zero attached hydrogens (tertiary/aromatic N) is 2. The minimum atomic E-state index is -3.56. The summed E-state index contributed by atoms with van der Waals surface area (Å²) in [6.45, 7) is 1.99. The van der Waals surface area contributed by atoms with Crippen LogP contribution in [0.1, 0.15) is 11.6 Å². The highest BCUT2D eigenvalue weighted by molar-refractivity contribution is 7.89. The minimum Gasteiger partial charge on any atom is -0.497 e. The molecule has 0 aliphatic carbocycles. The number of hydrogen-bond acceptors (Lipinski definition) is 7. The summed E-state index contributed by atoms with van der Waals surface area (Å²) in [5, 5.41) is 9.55. The van der Waals surface area contributed by atoms with Crippen molar-refractivity contribution < 1.29 is 23.1 Å². The van der Waals surface area contributed by atoms with Crippen molar-refractivity contribution in [2.24, 2.45) is 0 Å². The molecule has 0 bridgehead atoms. The second-order valence-corrected chi connectivity index (χ2v) is 8.83. The largest absolute Gasteiger partial charge is 0.497 e. The topological polar surface area (TPSA) is 91.3 Å². The maximum atomic E-state index is 12.9. The van der Waals surface area contributed by atoms with E-state index < -0.39 is 16.1 Å². The molecule has 1 aliphatic rings. The van der Waals surface area contributed by atoms with Gasteiger partial charge >= 0.3 is 0 Å². The molecule has 158 valence electrons. The van der Waals surface area contributed by atoms with Gasteiger partial charge in [0.15, 0.2) is 0 Å². The molecule has 1 unspecified atom stereocenters. The molecule has 8 nitrogen and oxygen atoms in total. The van der Waals surface area contributed by atoms with E-state index in [1.807, 2.05) is 24.3 Å². The lowest BCUT2D eigenvalue weighted by molar-refractivity contribution is 0.133. The normalized spacial score (nSPS) is 16.4. The molecule has 29 heavy (non-hydrogen) atoms. The monoisotopic (exact) mass is 421 g/mol. The van der Waals surface area contributed by atoms with Crippen molar-refractivity contribution in [2.75, 3.05) is 51.1 Å². The first-order valence-corrected chi connectivity index (χ1v) is 11.0. The van der Waals surface area contributed by atoms with E-state index in [0.29, 0.717) is 37.5 Å². The van der Waals surface area contributed by atoms with Gasteiger partial charge in [-0.3, -0.25) is 0 Å². The molecule has 1 heterocycles. The summed E-state index contributed by atoms with van der Waals surface area (Å²) in [7, 11) is -0.390. The number of benzene rings is 2. The third-order valence-electron chi connectivity index (χ3n) is 5.10. The van der Waals surface area contributed by atoms with Crippen LogP contribution in [0.25, 0.3) is 0 Å². The van der Waals surface area contributed by atoms with Crippen LogP contribution in [0.4, 0.5) is 5.69 Å². The average molecular weight is 422 g/mol. The Morgan fingerprint density at radius 1 is 1.00 bits per heavy atom. The number of rotatable bonds is 8. The molecule has 1 fully saturated rings. The van der Waals surface area contributed by atoms with E-state index in [-0.39, 0.29) is 5.75 Å². The van der Waals surface area contributed by atoms with E-state index in [2.05, 4.69) is 10.4 Å². The zero-order valence-electron chi connectivity index (χ0n) is 16.6. The Labute approximate surface area is 171 Å². The molecule has 0 amide bonds. The van der Waals surface area contributed by atoms with Crippen molar-refractivity contribution in [1.82, 2.24) is 9.79 Å². The molecule has 2 N–H and O–H groups in total. The Bertz CT molecular complexity index is 897. The third-order valence-corrected chi connectivity index (χ3v) is 7.01. The zero-order valence-corrected chi connectivity index (χ0v) is 17.4. The molecular weight excluding hydrogens is 394 g/mol. The molecule has 2 aromatic carbocycles. The maximum absolute atomic E-state index is 12.9. The molecule has 3 rings (SSSR count). The van der Waals surface area contributed by atoms with Crippen molar-refractivity contribution in [3.05, 3.63) is 54.1 Å². The molecule has 1 atom stereocenters. The summed E-state index contributed by atoms with van der Waals surface area (Å²) in [6, 6.07) is 14.0. The lowest BCUT2D eigenvalue weighted by Crippen LogP contribution is -2.50. The molecule has 9 heteroatoms. The molecule has 0 aromatic heterocycles. The number of methoxy groups -OCH3 is 2. The van der Waals surface area contributed by atoms with E-state index in [1.165, 1.54) is 4.31 Å². The fraction of sp³-hybridized carbons (Fsp3) is 0.400. The van der Waals surface area contributed by atoms with E-state index in [1.54, 1.807) is 38.5 Å². The number of piperazine rings is 1. The van der Waals surface area contributed by atoms with Gasteiger partial charge in [-0.05, 0) is 42.0 Å². The molecule has 1 aliphatic heterocycles. The fourth-order valence-electron chi connectivity index (χ4n) is 3.40. The molecule has 0 saturated carbocycles. The van der Waals surface area contributed by atoms with Crippen LogP contribution in [0.2, 0.25) is 0 Å². The predicted octanol–water partition coefficient (Wildman–Crippen LogP) is 1.88. The van der Waals surface area contributed by atoms with Crippen molar-refractivity contribution in [3.63, 3.8) is 0 Å². The first kappa shape index (κ1) is 21.4. The van der Waals surface area contributed by atoms with E-state index in [9.17, 15) is 13.6 Å². The van der Waals surface area contributed by atoms with Gasteiger partial charge in [-0.1, -0.05) is 12.1 Å². The number of hydroxylamine groups is 1. The van der Waals surface area contributed by atoms with Crippen LogP contribution in [-0.2, 0) is 10.0 Å². The van der Waals surface area contributed by atoms with Crippen LogP contribution in [0.3, 0.4) is 0 Å². The van der Waals surface area contributed by atoms with E-state index >= 15 is 0 Å². The van der Waals surface area contributed by atoms with E-state index in [4.69, 9.17) is 9.47 Å². The Morgan fingerprint density at radius 2 is 1.66 bits per heavy atom. The molecule has 0 radical (unpaired) electrons. The van der Waals surface area contributed by atoms with Gasteiger partial charge in [0.2, 0.25) is 10.0 Å². The first-order valence-electron chi connectivity index (χ1n) is 9.37. The molecular formula is C20H27N3O5S. The molecule has 0 spiro atoms. The van der Waals surface area contributed by atoms with Gasteiger partial charge in [0, 0.05) is 31.9 Å². The van der Waals surface area contributed by atoms with Gasteiger partial charge in [-0.2, -0.15) is 9.79 Å². The Hall–Kier alpha value is -2.33. The summed E-state index contributed by atoms with van der Waals surface area (Å²) < 4.78 is 37.7. The van der Waals surface area contributed by atoms with Crippen LogP contribution in [-0.4, -0.2) is 64.1 Å². The molecule has 1 saturated heterocycles. The quantitative estimate of drug-likeness (QED) is 0.629. The predicted molar refractivity (Wildman–Crippen MR) is 111 cm³/mol. The Kier molecular flexibility index (Phi) is 6.96. The van der Waals surface area contributed by atoms with Crippen LogP contribution in [0.15, 0.2) is 48.5 Å². The number of sulfonamides is 1. The van der Waals surface area contributed by atoms with Crippen LogP contribution in [0, 0.1) is 0 Å². The Balaban J connectivity index is 1.63. The van der Waals surface area contributed by atoms with Crippen molar-refractivity contribution in [1.29, 1.82) is 0 Å². The van der Waals surface area contributed by atoms with Crippen molar-refractivity contribution in [2.45, 2.75) is 6.04 Å². The fourth-order valence-corrected chi connectivity index (χ4v) is 5.02. The number of hydrogen-bond donors (Lipinski definition) is 2. The smallest absolute Gasteiger partial charge is 0.216 e. The first-order chi connectivity index (χ1) is 14.0. The number of anilines is 1. The standard InChI is InChI=1S/C20H27N3O5S/c1-27-18-8-6-17(7-9-18)22-10-12-23(13-11-22)29(25,26)15-20(21-24)16-4-3-5-19(14-16)28-2/h3-9,14,20-21,24H,10-13,15H2,1-2H3. The highest BCUT2D eigenvalue weighted by Crippen LogP contribution is 2.24. The summed E-state index contributed by atoms with van der Waals surface area (Å²) in [5.41, 5.74) is 3.81. The van der Waals surface area contributed by atoms with Gasteiger partial charge in [-0.25, -0.2) is 8.42 Å². The van der Waals surface area contributed by atoms with Gasteiger partial charge < -0.3 is 19.6 Å². The SMILES string of the molecule is COc1ccc(N2CCN(S(=O)(=O)CC(NO)c3cccc(OC)c3)CC2)cc1. The van der Waals surface area contributed by atoms with Crippen molar-refractivity contribution >= 4 is 15.7 Å². The second kappa shape index (κ2) is 9.45. The summed E-state index contributed by atoms with van der Waals surface area (Å²) in [4.78, 5) is 2.15. The van der Waals surface area contributed by atoms with Crippen LogP contribution >= 0.6 is 0 Å². The summed E-state index contributed by atoms with van der Waals surface area (Å²) in [6.07, 6.45) is 0. The van der Waals surface area contributed by atoms with Gasteiger partial charge in [0.25, 0.3) is 0 Å². The van der Waals surface area contributed by atoms with Gasteiger partial charge in [0.05, 0.1) is 26.0 Å². The minimum absolute atomic E-state index is 0.237. The maximum Gasteiger partial charge on any atom is 0.216 e. The van der Waals surface area contributed by atoms with Crippen molar-refractivity contribution in [3.8, 4) is 11.5 Å². The second-order valence-electron chi connectivity index (χ2n) is 6.82. The Morgan fingerprint density at radius 3 is 2.24 bits per heavy atom. The van der Waals surface area contributed by atoms with Gasteiger partial charge in [0.1, 0.15) is 11.5 Å². The number of ether oxygens (including phenoxy) is 2. The average Bonchev–Trinajstić information content (AvgIpc) is 2.77.